The molecule has 1 heterocycles. The second-order valence-electron chi connectivity index (χ2n) is 6.85. The fourth-order valence-electron chi connectivity index (χ4n) is 3.51. The first-order valence-corrected chi connectivity index (χ1v) is 8.91. The van der Waals surface area contributed by atoms with E-state index in [1.54, 1.807) is 12.1 Å². The van der Waals surface area contributed by atoms with Gasteiger partial charge in [0.2, 0.25) is 5.91 Å². The third-order valence-electron chi connectivity index (χ3n) is 5.17. The number of piperazine rings is 1. The minimum absolute atomic E-state index is 0.0209. The number of rotatable bonds is 5. The van der Waals surface area contributed by atoms with Crippen LogP contribution in [0.1, 0.15) is 13.3 Å². The van der Waals surface area contributed by atoms with Crippen LogP contribution in [0, 0.1) is 11.7 Å². The molecule has 136 valence electrons. The average molecular weight is 347 g/mol. The lowest BCUT2D eigenvalue weighted by Crippen LogP contribution is -2.54. The van der Waals surface area contributed by atoms with Crippen molar-refractivity contribution in [2.45, 2.75) is 25.4 Å². The van der Waals surface area contributed by atoms with E-state index in [9.17, 15) is 9.18 Å². The number of hydrogen-bond donors (Lipinski definition) is 2. The number of anilines is 1. The Morgan fingerprint density at radius 2 is 1.92 bits per heavy atom. The minimum Gasteiger partial charge on any atom is -0.396 e. The first-order valence-electron chi connectivity index (χ1n) is 8.91. The van der Waals surface area contributed by atoms with E-state index in [1.807, 2.05) is 19.1 Å². The van der Waals surface area contributed by atoms with Gasteiger partial charge in [0, 0.05) is 50.4 Å². The molecule has 1 amide bonds. The summed E-state index contributed by atoms with van der Waals surface area (Å²) in [5.41, 5.74) is 1.02. The van der Waals surface area contributed by atoms with E-state index in [2.05, 4.69) is 15.1 Å². The molecule has 0 spiro atoms. The molecule has 1 saturated heterocycles. The molecule has 1 aliphatic carbocycles. The number of carbonyl (C=O) groups is 1. The van der Waals surface area contributed by atoms with Crippen molar-refractivity contribution in [3.8, 4) is 0 Å². The molecule has 2 N–H and O–H groups in total. The van der Waals surface area contributed by atoms with Gasteiger partial charge in [-0.15, -0.1) is 0 Å². The first-order chi connectivity index (χ1) is 12.1. The minimum atomic E-state index is -0.225. The molecule has 0 saturated carbocycles. The van der Waals surface area contributed by atoms with Crippen molar-refractivity contribution in [1.82, 2.24) is 10.2 Å². The van der Waals surface area contributed by atoms with Crippen LogP contribution in [0.4, 0.5) is 10.1 Å². The van der Waals surface area contributed by atoms with Gasteiger partial charge in [-0.2, -0.15) is 0 Å². The second-order valence-corrected chi connectivity index (χ2v) is 6.85. The SMILES string of the molecule is CC(C(=O)N[C@@H]1C=C[C@H](CO)C1)N1CCN(c2ccc(F)cc2)CC1. The van der Waals surface area contributed by atoms with Crippen molar-refractivity contribution >= 4 is 11.6 Å². The van der Waals surface area contributed by atoms with Gasteiger partial charge in [-0.05, 0) is 37.6 Å². The number of benzene rings is 1. The maximum atomic E-state index is 13.0. The molecule has 0 aromatic heterocycles. The van der Waals surface area contributed by atoms with Gasteiger partial charge in [-0.1, -0.05) is 12.2 Å². The number of carbonyl (C=O) groups excluding carboxylic acids is 1. The highest BCUT2D eigenvalue weighted by atomic mass is 19.1. The van der Waals surface area contributed by atoms with Crippen molar-refractivity contribution in [2.24, 2.45) is 5.92 Å². The number of halogens is 1. The van der Waals surface area contributed by atoms with E-state index in [0.29, 0.717) is 0 Å². The Labute approximate surface area is 148 Å². The highest BCUT2D eigenvalue weighted by Gasteiger charge is 2.28. The van der Waals surface area contributed by atoms with Crippen molar-refractivity contribution in [3.05, 3.63) is 42.2 Å². The molecule has 3 rings (SSSR count). The lowest BCUT2D eigenvalue weighted by molar-refractivity contribution is -0.126. The van der Waals surface area contributed by atoms with E-state index in [1.165, 1.54) is 12.1 Å². The van der Waals surface area contributed by atoms with Crippen molar-refractivity contribution in [1.29, 1.82) is 0 Å². The lowest BCUT2D eigenvalue weighted by Gasteiger charge is -2.38. The number of hydrogen-bond acceptors (Lipinski definition) is 4. The highest BCUT2D eigenvalue weighted by molar-refractivity contribution is 5.82. The summed E-state index contributed by atoms with van der Waals surface area (Å²) < 4.78 is 13.0. The fraction of sp³-hybridized carbons (Fsp3) is 0.526. The number of nitrogens with one attached hydrogen (secondary N) is 1. The number of amides is 1. The molecule has 1 fully saturated rings. The van der Waals surface area contributed by atoms with Gasteiger partial charge in [0.05, 0.1) is 6.04 Å². The van der Waals surface area contributed by atoms with Crippen LogP contribution in [-0.2, 0) is 4.79 Å². The molecular weight excluding hydrogens is 321 g/mol. The second kappa shape index (κ2) is 7.97. The van der Waals surface area contributed by atoms with Crippen LogP contribution in [0.5, 0.6) is 0 Å². The summed E-state index contributed by atoms with van der Waals surface area (Å²) in [5.74, 6) is -0.0413. The van der Waals surface area contributed by atoms with Crippen LogP contribution in [0.2, 0.25) is 0 Å². The zero-order chi connectivity index (χ0) is 17.8. The monoisotopic (exact) mass is 347 g/mol. The number of aliphatic hydroxyl groups excluding tert-OH is 1. The van der Waals surface area contributed by atoms with Crippen LogP contribution in [0.25, 0.3) is 0 Å². The van der Waals surface area contributed by atoms with E-state index >= 15 is 0 Å². The van der Waals surface area contributed by atoms with E-state index in [0.717, 1.165) is 38.3 Å². The Morgan fingerprint density at radius 1 is 1.24 bits per heavy atom. The van der Waals surface area contributed by atoms with Crippen LogP contribution in [-0.4, -0.2) is 60.8 Å². The van der Waals surface area contributed by atoms with E-state index in [4.69, 9.17) is 5.11 Å². The van der Waals surface area contributed by atoms with Crippen LogP contribution >= 0.6 is 0 Å². The standard InChI is InChI=1S/C19H26FN3O2/c1-14(19(25)21-17-5-2-15(12-17)13-24)22-8-10-23(11-9-22)18-6-3-16(20)4-7-18/h2-7,14-15,17,24H,8-13H2,1H3,(H,21,25)/t14?,15-,17+/m0/s1. The van der Waals surface area contributed by atoms with Gasteiger partial charge < -0.3 is 15.3 Å². The third kappa shape index (κ3) is 4.38. The smallest absolute Gasteiger partial charge is 0.237 e. The van der Waals surface area contributed by atoms with Gasteiger partial charge in [0.1, 0.15) is 5.82 Å². The summed E-state index contributed by atoms with van der Waals surface area (Å²) in [6.45, 7) is 5.30. The maximum Gasteiger partial charge on any atom is 0.237 e. The quantitative estimate of drug-likeness (QED) is 0.791. The summed E-state index contributed by atoms with van der Waals surface area (Å²) in [6, 6.07) is 6.39. The van der Waals surface area contributed by atoms with Gasteiger partial charge >= 0.3 is 0 Å². The number of aliphatic hydroxyl groups is 1. The van der Waals surface area contributed by atoms with E-state index < -0.39 is 0 Å². The molecule has 1 aromatic carbocycles. The molecule has 1 unspecified atom stereocenters. The Balaban J connectivity index is 1.48. The van der Waals surface area contributed by atoms with E-state index in [-0.39, 0.29) is 36.3 Å². The average Bonchev–Trinajstić information content (AvgIpc) is 3.09. The molecule has 1 aliphatic heterocycles. The van der Waals surface area contributed by atoms with Crippen LogP contribution in [0.3, 0.4) is 0 Å². The van der Waals surface area contributed by atoms with Crippen molar-refractivity contribution in [2.75, 3.05) is 37.7 Å². The van der Waals surface area contributed by atoms with Crippen LogP contribution < -0.4 is 10.2 Å². The summed E-state index contributed by atoms with van der Waals surface area (Å²) in [5, 5.41) is 12.2. The summed E-state index contributed by atoms with van der Waals surface area (Å²) in [7, 11) is 0. The normalized spacial score (nSPS) is 25.2. The summed E-state index contributed by atoms with van der Waals surface area (Å²) in [4.78, 5) is 16.9. The number of nitrogens with zero attached hydrogens (tertiary/aromatic N) is 2. The Bertz CT molecular complexity index is 612. The van der Waals surface area contributed by atoms with Crippen molar-refractivity contribution in [3.63, 3.8) is 0 Å². The molecule has 0 bridgehead atoms. The van der Waals surface area contributed by atoms with Gasteiger partial charge in [0.25, 0.3) is 0 Å². The predicted octanol–water partition coefficient (Wildman–Crippen LogP) is 1.39. The molecule has 0 radical (unpaired) electrons. The Kier molecular flexibility index (Phi) is 5.71. The fourth-order valence-corrected chi connectivity index (χ4v) is 3.51. The molecule has 5 nitrogen and oxygen atoms in total. The molecule has 6 heteroatoms. The zero-order valence-corrected chi connectivity index (χ0v) is 14.6. The third-order valence-corrected chi connectivity index (χ3v) is 5.17. The summed E-state index contributed by atoms with van der Waals surface area (Å²) >= 11 is 0. The van der Waals surface area contributed by atoms with Crippen LogP contribution in [0.15, 0.2) is 36.4 Å². The molecular formula is C19H26FN3O2. The largest absolute Gasteiger partial charge is 0.396 e. The highest BCUT2D eigenvalue weighted by Crippen LogP contribution is 2.19. The van der Waals surface area contributed by atoms with Gasteiger partial charge in [0.15, 0.2) is 0 Å². The van der Waals surface area contributed by atoms with Gasteiger partial charge in [-0.25, -0.2) is 4.39 Å². The maximum absolute atomic E-state index is 13.0. The first kappa shape index (κ1) is 17.9. The predicted molar refractivity (Wildman–Crippen MR) is 95.9 cm³/mol. The summed E-state index contributed by atoms with van der Waals surface area (Å²) in [6.07, 6.45) is 4.71. The lowest BCUT2D eigenvalue weighted by atomic mass is 10.1. The zero-order valence-electron chi connectivity index (χ0n) is 14.6. The topological polar surface area (TPSA) is 55.8 Å². The molecule has 25 heavy (non-hydrogen) atoms. The Hall–Kier alpha value is -1.92. The Morgan fingerprint density at radius 3 is 2.52 bits per heavy atom. The molecule has 2 aliphatic rings. The van der Waals surface area contributed by atoms with Gasteiger partial charge in [-0.3, -0.25) is 9.69 Å². The van der Waals surface area contributed by atoms with Crippen molar-refractivity contribution < 1.29 is 14.3 Å². The molecule has 1 aromatic rings. The molecule has 3 atom stereocenters.